The zero-order chi connectivity index (χ0) is 18.9. The van der Waals surface area contributed by atoms with Crippen molar-refractivity contribution < 1.29 is 19.8 Å². The van der Waals surface area contributed by atoms with Gasteiger partial charge in [0.05, 0.1) is 26.2 Å². The van der Waals surface area contributed by atoms with E-state index in [1.807, 2.05) is 36.1 Å². The van der Waals surface area contributed by atoms with Gasteiger partial charge in [0, 0.05) is 17.1 Å². The van der Waals surface area contributed by atoms with E-state index < -0.39 is 0 Å². The van der Waals surface area contributed by atoms with Gasteiger partial charge in [-0.25, -0.2) is 0 Å². The lowest BCUT2D eigenvalue weighted by atomic mass is 10.1. The number of nitrogens with one attached hydrogen (secondary N) is 2. The average molecular weight is 383 g/mol. The highest BCUT2D eigenvalue weighted by molar-refractivity contribution is 6.30. The summed E-state index contributed by atoms with van der Waals surface area (Å²) in [6.07, 6.45) is 0.953. The molecule has 26 heavy (non-hydrogen) atoms. The van der Waals surface area contributed by atoms with E-state index in [-0.39, 0.29) is 17.9 Å². The molecular formula is C19H31ClN4O2+2. The molecule has 1 aliphatic heterocycles. The summed E-state index contributed by atoms with van der Waals surface area (Å²) < 4.78 is 0. The third-order valence-electron chi connectivity index (χ3n) is 4.85. The van der Waals surface area contributed by atoms with Crippen LogP contribution in [0.5, 0.6) is 0 Å². The monoisotopic (exact) mass is 382 g/mol. The van der Waals surface area contributed by atoms with Gasteiger partial charge in [0.1, 0.15) is 6.04 Å². The molecule has 0 aliphatic carbocycles. The second-order valence-electron chi connectivity index (χ2n) is 6.94. The number of carbonyl (C=O) groups excluding carboxylic acids is 2. The van der Waals surface area contributed by atoms with Crippen molar-refractivity contribution in [2.75, 3.05) is 45.8 Å². The highest BCUT2D eigenvalue weighted by Gasteiger charge is 2.26. The molecule has 1 saturated heterocycles. The standard InChI is InChI=1S/C19H29ClN4O2/c1-3-8-21-18(25)14-23-9-11-24(12-10-23)19(26)13-22-15(2)16-4-6-17(20)7-5-16/h4-7,15,22H,3,8-14H2,1-2H3,(H,21,25)/p+2/t15-/m0/s1. The molecule has 0 radical (unpaired) electrons. The van der Waals surface area contributed by atoms with Crippen molar-refractivity contribution in [3.05, 3.63) is 34.9 Å². The number of hydrogen-bond donors (Lipinski definition) is 3. The van der Waals surface area contributed by atoms with Crippen LogP contribution in [0.25, 0.3) is 0 Å². The average Bonchev–Trinajstić information content (AvgIpc) is 2.65. The number of rotatable bonds is 8. The van der Waals surface area contributed by atoms with E-state index in [1.165, 1.54) is 4.90 Å². The predicted octanol–water partition coefficient (Wildman–Crippen LogP) is -0.782. The molecule has 4 N–H and O–H groups in total. The summed E-state index contributed by atoms with van der Waals surface area (Å²) in [5, 5.41) is 5.69. The molecule has 1 aromatic carbocycles. The van der Waals surface area contributed by atoms with Gasteiger partial charge in [-0.1, -0.05) is 30.7 Å². The number of hydrogen-bond acceptors (Lipinski definition) is 2. The van der Waals surface area contributed by atoms with Crippen LogP contribution >= 0.6 is 11.6 Å². The fourth-order valence-corrected chi connectivity index (χ4v) is 3.24. The lowest BCUT2D eigenvalue weighted by Crippen LogP contribution is -3.16. The van der Waals surface area contributed by atoms with Gasteiger partial charge in [-0.05, 0) is 25.5 Å². The number of nitrogens with two attached hydrogens (primary N) is 1. The molecule has 2 amide bonds. The van der Waals surface area contributed by atoms with E-state index in [0.29, 0.717) is 13.1 Å². The van der Waals surface area contributed by atoms with Gasteiger partial charge >= 0.3 is 0 Å². The maximum Gasteiger partial charge on any atom is 0.278 e. The minimum atomic E-state index is 0.103. The molecule has 6 nitrogen and oxygen atoms in total. The van der Waals surface area contributed by atoms with Crippen LogP contribution in [0.3, 0.4) is 0 Å². The Hall–Kier alpha value is -1.63. The SMILES string of the molecule is CCCNC(=O)C[NH+]1CCN(C(=O)C[NH2+][C@@H](C)c2ccc(Cl)cc2)CC1. The fourth-order valence-electron chi connectivity index (χ4n) is 3.11. The highest BCUT2D eigenvalue weighted by atomic mass is 35.5. The molecule has 7 heteroatoms. The molecule has 1 atom stereocenters. The Labute approximate surface area is 160 Å². The molecule has 1 aromatic rings. The summed E-state index contributed by atoms with van der Waals surface area (Å²) in [6.45, 7) is 8.92. The van der Waals surface area contributed by atoms with Crippen LogP contribution in [0.1, 0.15) is 31.9 Å². The number of benzene rings is 1. The van der Waals surface area contributed by atoms with Crippen molar-refractivity contribution in [2.45, 2.75) is 26.3 Å². The Morgan fingerprint density at radius 3 is 2.54 bits per heavy atom. The molecule has 1 fully saturated rings. The zero-order valence-electron chi connectivity index (χ0n) is 15.8. The van der Waals surface area contributed by atoms with Crippen LogP contribution in [-0.2, 0) is 9.59 Å². The Bertz CT molecular complexity index is 586. The molecule has 1 aliphatic rings. The van der Waals surface area contributed by atoms with Gasteiger partial charge in [-0.2, -0.15) is 0 Å². The molecule has 2 rings (SSSR count). The normalized spacial score (nSPS) is 16.3. The highest BCUT2D eigenvalue weighted by Crippen LogP contribution is 2.13. The molecule has 0 spiro atoms. The van der Waals surface area contributed by atoms with E-state index in [4.69, 9.17) is 11.6 Å². The third-order valence-corrected chi connectivity index (χ3v) is 5.10. The fraction of sp³-hybridized carbons (Fsp3) is 0.579. The predicted molar refractivity (Wildman–Crippen MR) is 102 cm³/mol. The van der Waals surface area contributed by atoms with Crippen molar-refractivity contribution in [3.8, 4) is 0 Å². The molecule has 0 aromatic heterocycles. The van der Waals surface area contributed by atoms with Crippen LogP contribution in [0.4, 0.5) is 0 Å². The number of quaternary nitrogens is 2. The number of piperazine rings is 1. The minimum Gasteiger partial charge on any atom is -0.351 e. The first-order valence-electron chi connectivity index (χ1n) is 9.46. The van der Waals surface area contributed by atoms with Gasteiger partial charge in [-0.3, -0.25) is 9.59 Å². The van der Waals surface area contributed by atoms with E-state index in [0.717, 1.165) is 49.7 Å². The maximum atomic E-state index is 12.4. The first-order chi connectivity index (χ1) is 12.5. The summed E-state index contributed by atoms with van der Waals surface area (Å²) in [6, 6.07) is 7.97. The smallest absolute Gasteiger partial charge is 0.278 e. The van der Waals surface area contributed by atoms with Crippen molar-refractivity contribution in [1.82, 2.24) is 10.2 Å². The third kappa shape index (κ3) is 6.59. The van der Waals surface area contributed by atoms with Gasteiger partial charge in [-0.15, -0.1) is 0 Å². The number of nitrogens with zero attached hydrogens (tertiary/aromatic N) is 1. The summed E-state index contributed by atoms with van der Waals surface area (Å²) in [7, 11) is 0. The van der Waals surface area contributed by atoms with Crippen molar-refractivity contribution in [2.24, 2.45) is 0 Å². The first-order valence-corrected chi connectivity index (χ1v) is 9.84. The number of amides is 2. The molecule has 1 heterocycles. The Kier molecular flexibility index (Phi) is 8.35. The lowest BCUT2D eigenvalue weighted by molar-refractivity contribution is -0.896. The largest absolute Gasteiger partial charge is 0.351 e. The zero-order valence-corrected chi connectivity index (χ0v) is 16.5. The molecule has 144 valence electrons. The summed E-state index contributed by atoms with van der Waals surface area (Å²) >= 11 is 5.92. The van der Waals surface area contributed by atoms with Gasteiger partial charge in [0.2, 0.25) is 0 Å². The van der Waals surface area contributed by atoms with Crippen molar-refractivity contribution >= 4 is 23.4 Å². The second-order valence-corrected chi connectivity index (χ2v) is 7.37. The molecule has 0 bridgehead atoms. The number of carbonyl (C=O) groups is 2. The van der Waals surface area contributed by atoms with E-state index in [9.17, 15) is 9.59 Å². The summed E-state index contributed by atoms with van der Waals surface area (Å²) in [5.41, 5.74) is 1.16. The Balaban J connectivity index is 1.69. The van der Waals surface area contributed by atoms with Crippen LogP contribution in [0, 0.1) is 0 Å². The van der Waals surface area contributed by atoms with E-state index in [2.05, 4.69) is 17.6 Å². The van der Waals surface area contributed by atoms with Crippen molar-refractivity contribution in [3.63, 3.8) is 0 Å². The molecule has 0 saturated carbocycles. The van der Waals surface area contributed by atoms with Crippen LogP contribution in [-0.4, -0.2) is 62.5 Å². The Morgan fingerprint density at radius 2 is 1.92 bits per heavy atom. The van der Waals surface area contributed by atoms with Gasteiger partial charge in [0.25, 0.3) is 11.8 Å². The first kappa shape index (κ1) is 20.7. The lowest BCUT2D eigenvalue weighted by Gasteiger charge is -2.31. The molecular weight excluding hydrogens is 352 g/mol. The van der Waals surface area contributed by atoms with Crippen LogP contribution in [0.2, 0.25) is 5.02 Å². The van der Waals surface area contributed by atoms with Crippen LogP contribution < -0.4 is 15.5 Å². The topological polar surface area (TPSA) is 70.5 Å². The summed E-state index contributed by atoms with van der Waals surface area (Å²) in [4.78, 5) is 27.4. The van der Waals surface area contributed by atoms with Gasteiger partial charge < -0.3 is 20.4 Å². The van der Waals surface area contributed by atoms with E-state index >= 15 is 0 Å². The second kappa shape index (κ2) is 10.5. The Morgan fingerprint density at radius 1 is 1.27 bits per heavy atom. The number of halogens is 1. The van der Waals surface area contributed by atoms with Crippen LogP contribution in [0.15, 0.2) is 24.3 Å². The summed E-state index contributed by atoms with van der Waals surface area (Å²) in [5.74, 6) is 0.270. The minimum absolute atomic E-state index is 0.103. The molecule has 0 unspecified atom stereocenters. The quantitative estimate of drug-likeness (QED) is 0.552. The maximum absolute atomic E-state index is 12.4. The van der Waals surface area contributed by atoms with Gasteiger partial charge in [0.15, 0.2) is 13.1 Å². The van der Waals surface area contributed by atoms with E-state index in [1.54, 1.807) is 0 Å². The van der Waals surface area contributed by atoms with Crippen molar-refractivity contribution in [1.29, 1.82) is 0 Å².